The zero-order valence-corrected chi connectivity index (χ0v) is 19.8. The van der Waals surface area contributed by atoms with Crippen LogP contribution in [-0.4, -0.2) is 16.0 Å². The number of carboxylic acids is 1. The van der Waals surface area contributed by atoms with Crippen LogP contribution < -0.4 is 10.1 Å². The van der Waals surface area contributed by atoms with Crippen LogP contribution in [0.5, 0.6) is 5.75 Å². The van der Waals surface area contributed by atoms with Crippen molar-refractivity contribution in [2.24, 2.45) is 5.92 Å². The minimum Gasteiger partial charge on any atom is -0.489 e. The lowest BCUT2D eigenvalue weighted by molar-refractivity contribution is -0.384. The second kappa shape index (κ2) is 9.09. The number of ether oxygens (including phenoxy) is 1. The predicted octanol–water partition coefficient (Wildman–Crippen LogP) is 6.34. The molecule has 4 aromatic rings. The Labute approximate surface area is 213 Å². The first-order valence-corrected chi connectivity index (χ1v) is 12.2. The smallest absolute Gasteiger partial charge is 0.337 e. The molecule has 184 valence electrons. The van der Waals surface area contributed by atoms with Crippen molar-refractivity contribution in [2.45, 2.75) is 25.0 Å². The maximum absolute atomic E-state index is 12.0. The van der Waals surface area contributed by atoms with Gasteiger partial charge >= 0.3 is 5.97 Å². The number of nitro groups is 1. The number of nitro benzene ring substituents is 1. The van der Waals surface area contributed by atoms with E-state index in [9.17, 15) is 20.0 Å². The first-order valence-electron chi connectivity index (χ1n) is 12.2. The van der Waals surface area contributed by atoms with Gasteiger partial charge in [0.2, 0.25) is 0 Å². The van der Waals surface area contributed by atoms with Crippen LogP contribution >= 0.6 is 0 Å². The molecule has 0 amide bonds. The number of carbonyl (C=O) groups is 1. The van der Waals surface area contributed by atoms with E-state index >= 15 is 0 Å². The second-order valence-corrected chi connectivity index (χ2v) is 9.52. The number of non-ortho nitro benzene ring substituents is 1. The van der Waals surface area contributed by atoms with Crippen molar-refractivity contribution in [1.29, 1.82) is 0 Å². The Kier molecular flexibility index (Phi) is 5.60. The summed E-state index contributed by atoms with van der Waals surface area (Å²) in [4.78, 5) is 22.5. The largest absolute Gasteiger partial charge is 0.489 e. The van der Waals surface area contributed by atoms with Gasteiger partial charge in [-0.1, -0.05) is 48.5 Å². The summed E-state index contributed by atoms with van der Waals surface area (Å²) in [5.41, 5.74) is 6.54. The van der Waals surface area contributed by atoms with Crippen LogP contribution in [0.25, 0.3) is 0 Å². The Bertz CT molecular complexity index is 1500. The van der Waals surface area contributed by atoms with Crippen molar-refractivity contribution in [2.75, 3.05) is 5.32 Å². The van der Waals surface area contributed by atoms with Gasteiger partial charge in [-0.15, -0.1) is 0 Å². The second-order valence-electron chi connectivity index (χ2n) is 9.52. The number of benzene rings is 4. The minimum atomic E-state index is -0.942. The molecule has 3 atom stereocenters. The van der Waals surface area contributed by atoms with Gasteiger partial charge in [0.1, 0.15) is 12.4 Å². The summed E-state index contributed by atoms with van der Waals surface area (Å²) in [6.45, 7) is 0.300. The minimum absolute atomic E-state index is 0.0491. The third-order valence-corrected chi connectivity index (χ3v) is 7.46. The Morgan fingerprint density at radius 1 is 0.946 bits per heavy atom. The van der Waals surface area contributed by atoms with Crippen LogP contribution in [0, 0.1) is 16.0 Å². The van der Waals surface area contributed by atoms with Gasteiger partial charge in [-0.25, -0.2) is 4.79 Å². The molecule has 0 bridgehead atoms. The van der Waals surface area contributed by atoms with Crippen molar-refractivity contribution >= 4 is 17.3 Å². The van der Waals surface area contributed by atoms with E-state index in [-0.39, 0.29) is 29.1 Å². The molecule has 0 fully saturated rings. The summed E-state index contributed by atoms with van der Waals surface area (Å²) in [5, 5.41) is 24.3. The van der Waals surface area contributed by atoms with Gasteiger partial charge in [-0.3, -0.25) is 10.1 Å². The number of hydrogen-bond donors (Lipinski definition) is 2. The van der Waals surface area contributed by atoms with E-state index in [2.05, 4.69) is 29.6 Å². The number of nitrogens with zero attached hydrogens (tertiary/aromatic N) is 1. The summed E-state index contributed by atoms with van der Waals surface area (Å²) in [6, 6.07) is 28.1. The molecule has 1 heterocycles. The Morgan fingerprint density at radius 2 is 1.68 bits per heavy atom. The molecule has 0 unspecified atom stereocenters. The van der Waals surface area contributed by atoms with Crippen molar-refractivity contribution in [3.8, 4) is 5.75 Å². The molecule has 4 aromatic carbocycles. The lowest BCUT2D eigenvalue weighted by Gasteiger charge is -2.38. The third kappa shape index (κ3) is 4.08. The molecule has 1 aliphatic heterocycles. The molecule has 0 aromatic heterocycles. The molecule has 2 aliphatic rings. The third-order valence-electron chi connectivity index (χ3n) is 7.46. The van der Waals surface area contributed by atoms with Gasteiger partial charge in [0, 0.05) is 18.1 Å². The SMILES string of the molecule is O=C(O)c1cccc2c1N[C@H](c1ccc(OCc3ccc([N+](=O)[O-])cc3)cc1)[C@@H]1Cc3ccccc3[C@@H]21. The van der Waals surface area contributed by atoms with E-state index < -0.39 is 10.9 Å². The van der Waals surface area contributed by atoms with Crippen molar-refractivity contribution in [1.82, 2.24) is 0 Å². The lowest BCUT2D eigenvalue weighted by atomic mass is 9.75. The topological polar surface area (TPSA) is 102 Å². The van der Waals surface area contributed by atoms with Gasteiger partial charge in [0.05, 0.1) is 22.2 Å². The molecule has 6 rings (SSSR count). The van der Waals surface area contributed by atoms with Gasteiger partial charge in [-0.2, -0.15) is 0 Å². The number of rotatable bonds is 6. The average molecular weight is 493 g/mol. The van der Waals surface area contributed by atoms with E-state index in [0.717, 1.165) is 23.1 Å². The van der Waals surface area contributed by atoms with Crippen molar-refractivity contribution in [3.63, 3.8) is 0 Å². The van der Waals surface area contributed by atoms with Gasteiger partial charge < -0.3 is 15.2 Å². The zero-order chi connectivity index (χ0) is 25.5. The van der Waals surface area contributed by atoms with Crippen LogP contribution in [0.3, 0.4) is 0 Å². The van der Waals surface area contributed by atoms with Crippen LogP contribution in [0.15, 0.2) is 91.0 Å². The monoisotopic (exact) mass is 492 g/mol. The Morgan fingerprint density at radius 3 is 2.41 bits per heavy atom. The summed E-state index contributed by atoms with van der Waals surface area (Å²) in [5.74, 6) is 0.120. The Balaban J connectivity index is 1.28. The quantitative estimate of drug-likeness (QED) is 0.240. The van der Waals surface area contributed by atoms with Crippen LogP contribution in [0.1, 0.15) is 50.1 Å². The fourth-order valence-corrected chi connectivity index (χ4v) is 5.75. The van der Waals surface area contributed by atoms with E-state index in [0.29, 0.717) is 18.0 Å². The first kappa shape index (κ1) is 22.8. The van der Waals surface area contributed by atoms with Crippen LogP contribution in [-0.2, 0) is 13.0 Å². The zero-order valence-electron chi connectivity index (χ0n) is 19.8. The molecule has 1 aliphatic carbocycles. The number of para-hydroxylation sites is 1. The molecular weight excluding hydrogens is 468 g/mol. The number of fused-ring (bicyclic) bond motifs is 5. The van der Waals surface area contributed by atoms with E-state index in [4.69, 9.17) is 4.74 Å². The Hall–Kier alpha value is -4.65. The molecule has 37 heavy (non-hydrogen) atoms. The van der Waals surface area contributed by atoms with Crippen molar-refractivity contribution in [3.05, 3.63) is 134 Å². The lowest BCUT2D eigenvalue weighted by Crippen LogP contribution is -2.31. The highest BCUT2D eigenvalue weighted by molar-refractivity contribution is 5.96. The van der Waals surface area contributed by atoms with Gasteiger partial charge in [0.25, 0.3) is 5.69 Å². The van der Waals surface area contributed by atoms with E-state index in [1.54, 1.807) is 18.2 Å². The van der Waals surface area contributed by atoms with Crippen LogP contribution in [0.2, 0.25) is 0 Å². The van der Waals surface area contributed by atoms with E-state index in [1.165, 1.54) is 23.3 Å². The fraction of sp³-hybridized carbons (Fsp3) is 0.167. The maximum Gasteiger partial charge on any atom is 0.337 e. The standard InChI is InChI=1S/C30H24N2O5/c33-30(34)25-7-3-6-24-27-23-5-2-1-4-20(23)16-26(27)28(31-29(24)25)19-10-14-22(15-11-19)37-17-18-8-12-21(13-9-18)32(35)36/h1-15,26-28,31H,16-17H2,(H,33,34)/t26-,27+,28-/m1/s1. The predicted molar refractivity (Wildman–Crippen MR) is 139 cm³/mol. The number of hydrogen-bond acceptors (Lipinski definition) is 5. The summed E-state index contributed by atoms with van der Waals surface area (Å²) >= 11 is 0. The molecule has 0 spiro atoms. The summed E-state index contributed by atoms with van der Waals surface area (Å²) in [7, 11) is 0. The van der Waals surface area contributed by atoms with Crippen molar-refractivity contribution < 1.29 is 19.6 Å². The molecular formula is C30H24N2O5. The van der Waals surface area contributed by atoms with E-state index in [1.807, 2.05) is 36.4 Å². The molecule has 0 radical (unpaired) electrons. The maximum atomic E-state index is 12.0. The number of anilines is 1. The van der Waals surface area contributed by atoms with Gasteiger partial charge in [0.15, 0.2) is 0 Å². The van der Waals surface area contributed by atoms with Gasteiger partial charge in [-0.05, 0) is 70.5 Å². The number of carboxylic acid groups (broad SMARTS) is 1. The summed E-state index contributed by atoms with van der Waals surface area (Å²) in [6.07, 6.45) is 0.910. The molecule has 0 saturated carbocycles. The first-order chi connectivity index (χ1) is 18.0. The average Bonchev–Trinajstić information content (AvgIpc) is 3.31. The number of aromatic carboxylic acids is 1. The molecule has 2 N–H and O–H groups in total. The molecule has 7 nitrogen and oxygen atoms in total. The fourth-order valence-electron chi connectivity index (χ4n) is 5.75. The highest BCUT2D eigenvalue weighted by atomic mass is 16.6. The van der Waals surface area contributed by atoms with Crippen LogP contribution in [0.4, 0.5) is 11.4 Å². The number of nitrogens with one attached hydrogen (secondary N) is 1. The molecule has 7 heteroatoms. The molecule has 0 saturated heterocycles. The summed E-state index contributed by atoms with van der Waals surface area (Å²) < 4.78 is 5.91. The normalized spacial score (nSPS) is 19.2. The highest BCUT2D eigenvalue weighted by Gasteiger charge is 2.44. The highest BCUT2D eigenvalue weighted by Crippen LogP contribution is 2.54.